The summed E-state index contributed by atoms with van der Waals surface area (Å²) in [7, 11) is 0. The number of unbranched alkanes of at least 4 members (excludes halogenated alkanes) is 1. The van der Waals surface area contributed by atoms with Crippen molar-refractivity contribution in [2.45, 2.75) is 38.6 Å². The zero-order chi connectivity index (χ0) is 10.2. The maximum absolute atomic E-state index is 11.2. The summed E-state index contributed by atoms with van der Waals surface area (Å²) >= 11 is 0. The van der Waals surface area contributed by atoms with Crippen molar-refractivity contribution < 1.29 is 9.53 Å². The lowest BCUT2D eigenvalue weighted by Gasteiger charge is -2.11. The molecule has 1 aliphatic carbocycles. The van der Waals surface area contributed by atoms with Crippen LogP contribution in [0.2, 0.25) is 0 Å². The second-order valence-electron chi connectivity index (χ2n) is 3.59. The highest BCUT2D eigenvalue weighted by Gasteiger charge is 2.11. The fraction of sp³-hybridized carbons (Fsp3) is 0.727. The minimum Gasteiger partial charge on any atom is -0.465 e. The van der Waals surface area contributed by atoms with Crippen molar-refractivity contribution in [3.8, 4) is 0 Å². The van der Waals surface area contributed by atoms with Gasteiger partial charge in [0.05, 0.1) is 13.2 Å². The summed E-state index contributed by atoms with van der Waals surface area (Å²) in [6, 6.07) is 0.439. The van der Waals surface area contributed by atoms with Crippen LogP contribution in [0.3, 0.4) is 0 Å². The number of hydrogen-bond acceptors (Lipinski definition) is 3. The third-order valence-electron chi connectivity index (χ3n) is 2.30. The predicted molar refractivity (Wildman–Crippen MR) is 56.0 cm³/mol. The molecule has 0 aromatic heterocycles. The van der Waals surface area contributed by atoms with Crippen LogP contribution in [0.4, 0.5) is 0 Å². The summed E-state index contributed by atoms with van der Waals surface area (Å²) < 4.78 is 5.02. The zero-order valence-electron chi connectivity index (χ0n) is 8.79. The van der Waals surface area contributed by atoms with Gasteiger partial charge < -0.3 is 10.1 Å². The Kier molecular flexibility index (Phi) is 5.30. The van der Waals surface area contributed by atoms with Crippen LogP contribution in [0.5, 0.6) is 0 Å². The van der Waals surface area contributed by atoms with E-state index < -0.39 is 0 Å². The molecule has 3 nitrogen and oxygen atoms in total. The first-order valence-electron chi connectivity index (χ1n) is 5.37. The van der Waals surface area contributed by atoms with Crippen LogP contribution in [0.1, 0.15) is 32.6 Å². The van der Waals surface area contributed by atoms with E-state index in [0.717, 1.165) is 25.7 Å². The zero-order valence-corrected chi connectivity index (χ0v) is 8.79. The third-order valence-corrected chi connectivity index (χ3v) is 2.30. The summed E-state index contributed by atoms with van der Waals surface area (Å²) in [5.74, 6) is -0.134. The first-order chi connectivity index (χ1) is 6.83. The molecule has 0 unspecified atom stereocenters. The third kappa shape index (κ3) is 4.42. The summed E-state index contributed by atoms with van der Waals surface area (Å²) in [5, 5.41) is 3.17. The number of carbonyl (C=O) groups excluding carboxylic acids is 1. The van der Waals surface area contributed by atoms with Gasteiger partial charge in [-0.15, -0.1) is 0 Å². The van der Waals surface area contributed by atoms with E-state index in [1.54, 1.807) is 0 Å². The van der Waals surface area contributed by atoms with E-state index >= 15 is 0 Å². The smallest absolute Gasteiger partial charge is 0.319 e. The molecule has 0 saturated heterocycles. The monoisotopic (exact) mass is 197 g/mol. The van der Waals surface area contributed by atoms with Crippen molar-refractivity contribution in [1.82, 2.24) is 5.32 Å². The van der Waals surface area contributed by atoms with Gasteiger partial charge in [0.25, 0.3) is 0 Å². The van der Waals surface area contributed by atoms with Crippen molar-refractivity contribution in [1.29, 1.82) is 0 Å². The highest BCUT2D eigenvalue weighted by molar-refractivity contribution is 5.71. The number of hydrogen-bond donors (Lipinski definition) is 1. The molecule has 0 aromatic rings. The molecule has 0 atom stereocenters. The molecule has 0 aliphatic heterocycles. The Balaban J connectivity index is 1.97. The molecular formula is C11H19NO2. The molecule has 0 amide bonds. The van der Waals surface area contributed by atoms with Crippen LogP contribution in [0.25, 0.3) is 0 Å². The van der Waals surface area contributed by atoms with Crippen LogP contribution in [-0.4, -0.2) is 25.2 Å². The lowest BCUT2D eigenvalue weighted by atomic mass is 10.2. The van der Waals surface area contributed by atoms with Gasteiger partial charge in [-0.3, -0.25) is 4.79 Å². The van der Waals surface area contributed by atoms with Gasteiger partial charge in [0.1, 0.15) is 0 Å². The second-order valence-corrected chi connectivity index (χ2v) is 3.59. The van der Waals surface area contributed by atoms with E-state index in [2.05, 4.69) is 24.4 Å². The average molecular weight is 197 g/mol. The summed E-state index contributed by atoms with van der Waals surface area (Å²) in [5.41, 5.74) is 0. The highest BCUT2D eigenvalue weighted by Crippen LogP contribution is 2.08. The number of carbonyl (C=O) groups is 1. The molecule has 1 aliphatic rings. The van der Waals surface area contributed by atoms with Crippen LogP contribution in [0.15, 0.2) is 12.2 Å². The lowest BCUT2D eigenvalue weighted by Crippen LogP contribution is -2.32. The molecule has 0 saturated carbocycles. The number of ether oxygens (including phenoxy) is 1. The Morgan fingerprint density at radius 3 is 2.86 bits per heavy atom. The van der Waals surface area contributed by atoms with Gasteiger partial charge >= 0.3 is 5.97 Å². The van der Waals surface area contributed by atoms with E-state index in [9.17, 15) is 4.79 Å². The van der Waals surface area contributed by atoms with Gasteiger partial charge in [-0.1, -0.05) is 25.5 Å². The molecule has 80 valence electrons. The minimum absolute atomic E-state index is 0.134. The molecule has 0 heterocycles. The first-order valence-corrected chi connectivity index (χ1v) is 5.37. The second kappa shape index (κ2) is 6.60. The maximum atomic E-state index is 11.2. The maximum Gasteiger partial charge on any atom is 0.319 e. The molecule has 0 bridgehead atoms. The van der Waals surface area contributed by atoms with E-state index in [1.807, 2.05) is 0 Å². The molecule has 1 rings (SSSR count). The Bertz CT molecular complexity index is 193. The fourth-order valence-corrected chi connectivity index (χ4v) is 1.39. The van der Waals surface area contributed by atoms with E-state index in [1.165, 1.54) is 0 Å². The van der Waals surface area contributed by atoms with Crippen LogP contribution in [0, 0.1) is 0 Å². The standard InChI is InChI=1S/C11H19NO2/c1-2-3-8-14-11(13)9-12-10-6-4-5-7-10/h4-5,10,12H,2-3,6-9H2,1H3. The Hall–Kier alpha value is -0.830. The van der Waals surface area contributed by atoms with Crippen LogP contribution < -0.4 is 5.32 Å². The van der Waals surface area contributed by atoms with Crippen molar-refractivity contribution in [3.63, 3.8) is 0 Å². The van der Waals surface area contributed by atoms with Gasteiger partial charge in [0, 0.05) is 6.04 Å². The topological polar surface area (TPSA) is 38.3 Å². The predicted octanol–water partition coefficient (Wildman–Crippen LogP) is 1.64. The molecule has 3 heteroatoms. The fourth-order valence-electron chi connectivity index (χ4n) is 1.39. The number of nitrogens with one attached hydrogen (secondary N) is 1. The molecule has 1 N–H and O–H groups in total. The molecule has 0 radical (unpaired) electrons. The molecule has 0 spiro atoms. The van der Waals surface area contributed by atoms with Crippen LogP contribution in [-0.2, 0) is 9.53 Å². The number of esters is 1. The van der Waals surface area contributed by atoms with Gasteiger partial charge in [-0.05, 0) is 19.3 Å². The van der Waals surface area contributed by atoms with Crippen molar-refractivity contribution in [2.24, 2.45) is 0 Å². The highest BCUT2D eigenvalue weighted by atomic mass is 16.5. The van der Waals surface area contributed by atoms with Crippen molar-refractivity contribution >= 4 is 5.97 Å². The van der Waals surface area contributed by atoms with Gasteiger partial charge in [-0.25, -0.2) is 0 Å². The normalized spacial score (nSPS) is 16.1. The van der Waals surface area contributed by atoms with Crippen molar-refractivity contribution in [2.75, 3.05) is 13.2 Å². The Labute approximate surface area is 85.5 Å². The quantitative estimate of drug-likeness (QED) is 0.399. The van der Waals surface area contributed by atoms with Gasteiger partial charge in [-0.2, -0.15) is 0 Å². The molecule has 0 fully saturated rings. The van der Waals surface area contributed by atoms with E-state index in [-0.39, 0.29) is 5.97 Å². The summed E-state index contributed by atoms with van der Waals surface area (Å²) in [4.78, 5) is 11.2. The van der Waals surface area contributed by atoms with Gasteiger partial charge in [0.15, 0.2) is 0 Å². The molecule has 14 heavy (non-hydrogen) atoms. The molecule has 0 aromatic carbocycles. The van der Waals surface area contributed by atoms with E-state index in [0.29, 0.717) is 19.2 Å². The minimum atomic E-state index is -0.134. The van der Waals surface area contributed by atoms with Gasteiger partial charge in [0.2, 0.25) is 0 Å². The van der Waals surface area contributed by atoms with Crippen molar-refractivity contribution in [3.05, 3.63) is 12.2 Å². The van der Waals surface area contributed by atoms with E-state index in [4.69, 9.17) is 4.74 Å². The average Bonchev–Trinajstić information content (AvgIpc) is 2.68. The summed E-state index contributed by atoms with van der Waals surface area (Å²) in [6.07, 6.45) is 8.36. The Morgan fingerprint density at radius 2 is 2.21 bits per heavy atom. The summed E-state index contributed by atoms with van der Waals surface area (Å²) in [6.45, 7) is 2.98. The van der Waals surface area contributed by atoms with Crippen LogP contribution >= 0.6 is 0 Å². The molecular weight excluding hydrogens is 178 g/mol. The number of rotatable bonds is 6. The lowest BCUT2D eigenvalue weighted by molar-refractivity contribution is -0.142. The largest absolute Gasteiger partial charge is 0.465 e. The first kappa shape index (κ1) is 11.2. The Morgan fingerprint density at radius 1 is 1.50 bits per heavy atom. The SMILES string of the molecule is CCCCOC(=O)CNC1CC=CC1.